The van der Waals surface area contributed by atoms with Gasteiger partial charge in [0, 0.05) is 37.4 Å². The average molecular weight is 439 g/mol. The third-order valence-electron chi connectivity index (χ3n) is 4.59. The number of amides is 2. The van der Waals surface area contributed by atoms with Gasteiger partial charge in [-0.15, -0.1) is 0 Å². The number of carbonyl (C=O) groups is 2. The first-order valence-electron chi connectivity index (χ1n) is 10.0. The molecule has 3 aromatic rings. The van der Waals surface area contributed by atoms with Crippen molar-refractivity contribution in [3.63, 3.8) is 0 Å². The number of hydrogen-bond acceptors (Lipinski definition) is 6. The summed E-state index contributed by atoms with van der Waals surface area (Å²) < 4.78 is 5.30. The number of rotatable bonds is 7. The van der Waals surface area contributed by atoms with Crippen LogP contribution in [0.3, 0.4) is 0 Å². The highest BCUT2D eigenvalue weighted by Gasteiger charge is 2.14. The highest BCUT2D eigenvalue weighted by atomic mass is 32.2. The van der Waals surface area contributed by atoms with Gasteiger partial charge in [0.15, 0.2) is 0 Å². The summed E-state index contributed by atoms with van der Waals surface area (Å²) in [4.78, 5) is 31.0. The van der Waals surface area contributed by atoms with Gasteiger partial charge in [-0.1, -0.05) is 55.4 Å². The van der Waals surface area contributed by atoms with Crippen LogP contribution in [0.25, 0.3) is 11.4 Å². The Balaban J connectivity index is 1.58. The van der Waals surface area contributed by atoms with Crippen LogP contribution < -0.4 is 5.32 Å². The first kappa shape index (κ1) is 22.6. The van der Waals surface area contributed by atoms with Crippen molar-refractivity contribution in [3.8, 4) is 11.4 Å². The van der Waals surface area contributed by atoms with E-state index in [-0.39, 0.29) is 17.6 Å². The molecule has 0 saturated heterocycles. The van der Waals surface area contributed by atoms with E-state index in [9.17, 15) is 9.59 Å². The summed E-state index contributed by atoms with van der Waals surface area (Å²) in [5.41, 5.74) is 2.72. The largest absolute Gasteiger partial charge is 0.339 e. The van der Waals surface area contributed by atoms with E-state index in [1.165, 1.54) is 10.5 Å². The standard InChI is InChI=1S/C23H26N4O3S/c1-15(2)16-9-11-17(12-10-16)22-25-21(30-26-22)14-13-20(28)24-18-7-5-6-8-19(18)31-23(29)27(3)4/h5-12,15H,13-14H2,1-4H3,(H,24,28). The van der Waals surface area contributed by atoms with Crippen molar-refractivity contribution in [1.82, 2.24) is 15.0 Å². The van der Waals surface area contributed by atoms with Crippen LogP contribution in [0.4, 0.5) is 10.5 Å². The Bertz CT molecular complexity index is 1040. The van der Waals surface area contributed by atoms with E-state index in [1.807, 2.05) is 24.3 Å². The Morgan fingerprint density at radius 3 is 2.48 bits per heavy atom. The molecule has 0 radical (unpaired) electrons. The maximum atomic E-state index is 12.4. The van der Waals surface area contributed by atoms with Crippen molar-refractivity contribution in [2.45, 2.75) is 37.5 Å². The molecule has 0 atom stereocenters. The number of nitrogens with zero attached hydrogens (tertiary/aromatic N) is 3. The molecule has 0 aliphatic carbocycles. The molecular weight excluding hydrogens is 412 g/mol. The van der Waals surface area contributed by atoms with Crippen LogP contribution in [0.1, 0.15) is 37.6 Å². The minimum absolute atomic E-state index is 0.110. The molecule has 1 N–H and O–H groups in total. The topological polar surface area (TPSA) is 88.3 Å². The van der Waals surface area contributed by atoms with E-state index in [0.29, 0.717) is 34.6 Å². The van der Waals surface area contributed by atoms with E-state index in [1.54, 1.807) is 26.2 Å². The molecule has 2 amide bonds. The summed E-state index contributed by atoms with van der Waals surface area (Å²) in [5.74, 6) is 1.18. The molecule has 1 heterocycles. The zero-order valence-corrected chi connectivity index (χ0v) is 18.9. The van der Waals surface area contributed by atoms with Crippen molar-refractivity contribution >= 4 is 28.6 Å². The zero-order valence-electron chi connectivity index (χ0n) is 18.1. The number of carbonyl (C=O) groups excluding carboxylic acids is 2. The van der Waals surface area contributed by atoms with Crippen LogP contribution >= 0.6 is 11.8 Å². The number of nitrogens with one attached hydrogen (secondary N) is 1. The van der Waals surface area contributed by atoms with E-state index in [4.69, 9.17) is 4.52 Å². The van der Waals surface area contributed by atoms with Crippen LogP contribution in [0.2, 0.25) is 0 Å². The highest BCUT2D eigenvalue weighted by molar-refractivity contribution is 8.13. The lowest BCUT2D eigenvalue weighted by Crippen LogP contribution is -2.17. The predicted molar refractivity (Wildman–Crippen MR) is 122 cm³/mol. The first-order valence-corrected chi connectivity index (χ1v) is 10.9. The summed E-state index contributed by atoms with van der Waals surface area (Å²) in [5, 5.41) is 6.77. The third-order valence-corrected chi connectivity index (χ3v) is 5.71. The van der Waals surface area contributed by atoms with E-state index in [0.717, 1.165) is 17.3 Å². The van der Waals surface area contributed by atoms with Gasteiger partial charge in [-0.3, -0.25) is 9.59 Å². The van der Waals surface area contributed by atoms with Gasteiger partial charge >= 0.3 is 0 Å². The zero-order chi connectivity index (χ0) is 22.4. The molecule has 7 nitrogen and oxygen atoms in total. The van der Waals surface area contributed by atoms with Crippen molar-refractivity contribution in [3.05, 3.63) is 60.0 Å². The van der Waals surface area contributed by atoms with Crippen LogP contribution in [-0.2, 0) is 11.2 Å². The number of para-hydroxylation sites is 1. The molecule has 0 unspecified atom stereocenters. The van der Waals surface area contributed by atoms with Gasteiger partial charge < -0.3 is 14.7 Å². The number of thioether (sulfide) groups is 1. The lowest BCUT2D eigenvalue weighted by Gasteiger charge is -2.12. The number of aromatic nitrogens is 2. The maximum Gasteiger partial charge on any atom is 0.286 e. The van der Waals surface area contributed by atoms with Gasteiger partial charge in [0.2, 0.25) is 17.6 Å². The molecule has 3 rings (SSSR count). The Morgan fingerprint density at radius 2 is 1.81 bits per heavy atom. The molecule has 162 valence electrons. The lowest BCUT2D eigenvalue weighted by molar-refractivity contribution is -0.116. The van der Waals surface area contributed by atoms with Crippen molar-refractivity contribution in [1.29, 1.82) is 0 Å². The van der Waals surface area contributed by atoms with Crippen molar-refractivity contribution in [2.75, 3.05) is 19.4 Å². The smallest absolute Gasteiger partial charge is 0.286 e. The van der Waals surface area contributed by atoms with Crippen LogP contribution in [0.5, 0.6) is 0 Å². The van der Waals surface area contributed by atoms with Crippen molar-refractivity contribution < 1.29 is 14.1 Å². The van der Waals surface area contributed by atoms with E-state index < -0.39 is 0 Å². The molecule has 0 bridgehead atoms. The predicted octanol–water partition coefficient (Wildman–Crippen LogP) is 5.21. The van der Waals surface area contributed by atoms with Crippen molar-refractivity contribution in [2.24, 2.45) is 0 Å². The summed E-state index contributed by atoms with van der Waals surface area (Å²) in [6.07, 6.45) is 0.517. The Kier molecular flexibility index (Phi) is 7.46. The summed E-state index contributed by atoms with van der Waals surface area (Å²) in [6.45, 7) is 4.29. The fraction of sp³-hybridized carbons (Fsp3) is 0.304. The maximum absolute atomic E-state index is 12.4. The quantitative estimate of drug-likeness (QED) is 0.510. The van der Waals surface area contributed by atoms with Crippen LogP contribution in [-0.4, -0.2) is 40.3 Å². The number of hydrogen-bond donors (Lipinski definition) is 1. The molecule has 0 saturated carbocycles. The normalized spacial score (nSPS) is 10.9. The minimum atomic E-state index is -0.189. The molecule has 8 heteroatoms. The highest BCUT2D eigenvalue weighted by Crippen LogP contribution is 2.28. The molecule has 0 aliphatic heterocycles. The van der Waals surface area contributed by atoms with Gasteiger partial charge in [0.05, 0.1) is 5.69 Å². The Hall–Kier alpha value is -3.13. The van der Waals surface area contributed by atoms with Gasteiger partial charge in [-0.05, 0) is 35.4 Å². The fourth-order valence-electron chi connectivity index (χ4n) is 2.77. The Labute approximate surface area is 186 Å². The SMILES string of the molecule is CC(C)c1ccc(-c2noc(CCC(=O)Nc3ccccc3SC(=O)N(C)C)n2)cc1. The van der Waals surface area contributed by atoms with Gasteiger partial charge in [-0.2, -0.15) is 4.98 Å². The number of aryl methyl sites for hydroxylation is 1. The molecule has 0 spiro atoms. The monoisotopic (exact) mass is 438 g/mol. The number of anilines is 1. The molecule has 1 aromatic heterocycles. The average Bonchev–Trinajstić information content (AvgIpc) is 3.22. The van der Waals surface area contributed by atoms with Gasteiger partial charge in [-0.25, -0.2) is 0 Å². The van der Waals surface area contributed by atoms with E-state index >= 15 is 0 Å². The third kappa shape index (κ3) is 6.18. The summed E-state index contributed by atoms with van der Waals surface area (Å²) in [7, 11) is 3.38. The molecule has 0 fully saturated rings. The van der Waals surface area contributed by atoms with Gasteiger partial charge in [0.25, 0.3) is 5.24 Å². The summed E-state index contributed by atoms with van der Waals surface area (Å²) >= 11 is 1.07. The second-order valence-electron chi connectivity index (χ2n) is 7.60. The fourth-order valence-corrected chi connectivity index (χ4v) is 3.51. The Morgan fingerprint density at radius 1 is 1.10 bits per heavy atom. The van der Waals surface area contributed by atoms with E-state index in [2.05, 4.69) is 41.4 Å². The first-order chi connectivity index (χ1) is 14.8. The molecular formula is C23H26N4O3S. The molecule has 2 aromatic carbocycles. The second-order valence-corrected chi connectivity index (χ2v) is 8.59. The molecule has 31 heavy (non-hydrogen) atoms. The second kappa shape index (κ2) is 10.3. The van der Waals surface area contributed by atoms with Gasteiger partial charge in [0.1, 0.15) is 0 Å². The number of benzene rings is 2. The molecule has 0 aliphatic rings. The van der Waals surface area contributed by atoms with Crippen LogP contribution in [0, 0.1) is 0 Å². The van der Waals surface area contributed by atoms with Crippen LogP contribution in [0.15, 0.2) is 57.9 Å². The summed E-state index contributed by atoms with van der Waals surface area (Å²) in [6, 6.07) is 15.3. The minimum Gasteiger partial charge on any atom is -0.339 e. The lowest BCUT2D eigenvalue weighted by atomic mass is 10.0.